The molecule has 0 aliphatic rings. The topological polar surface area (TPSA) is 58.6 Å². The number of nitrogens with one attached hydrogen (secondary N) is 1. The molecule has 1 N–H and O–H groups in total. The third kappa shape index (κ3) is 7.12. The quantitative estimate of drug-likeness (QED) is 0.607. The van der Waals surface area contributed by atoms with Crippen LogP contribution in [0.15, 0.2) is 42.5 Å². The SMILES string of the molecule is CCC(C)NC(=O)C(CC)N(Cc1ccc(OC)cc1)C(=O)Cc1cc(C)cc(C)c1. The van der Waals surface area contributed by atoms with Crippen molar-refractivity contribution in [2.24, 2.45) is 0 Å². The van der Waals surface area contributed by atoms with Gasteiger partial charge in [-0.25, -0.2) is 0 Å². The highest BCUT2D eigenvalue weighted by molar-refractivity contribution is 5.88. The number of rotatable bonds is 10. The van der Waals surface area contributed by atoms with Crippen LogP contribution < -0.4 is 10.1 Å². The van der Waals surface area contributed by atoms with Gasteiger partial charge in [0.05, 0.1) is 13.5 Å². The van der Waals surface area contributed by atoms with Gasteiger partial charge in [0.1, 0.15) is 11.8 Å². The minimum absolute atomic E-state index is 0.0491. The minimum Gasteiger partial charge on any atom is -0.497 e. The van der Waals surface area contributed by atoms with E-state index in [9.17, 15) is 9.59 Å². The molecule has 0 radical (unpaired) electrons. The van der Waals surface area contributed by atoms with Crippen LogP contribution in [0.5, 0.6) is 5.75 Å². The van der Waals surface area contributed by atoms with Gasteiger partial charge in [-0.15, -0.1) is 0 Å². The third-order valence-corrected chi connectivity index (χ3v) is 5.54. The van der Waals surface area contributed by atoms with E-state index in [2.05, 4.69) is 11.4 Å². The standard InChI is InChI=1S/C26H36N2O3/c1-7-20(5)27-26(30)24(8-2)28(17-21-9-11-23(31-6)12-10-21)25(29)16-22-14-18(3)13-19(4)15-22/h9-15,20,24H,7-8,16-17H2,1-6H3,(H,27,30). The highest BCUT2D eigenvalue weighted by Gasteiger charge is 2.29. The van der Waals surface area contributed by atoms with Crippen molar-refractivity contribution in [2.75, 3.05) is 7.11 Å². The average Bonchev–Trinajstić information content (AvgIpc) is 2.73. The van der Waals surface area contributed by atoms with E-state index in [1.165, 1.54) is 0 Å². The molecule has 0 fully saturated rings. The first-order valence-electron chi connectivity index (χ1n) is 11.1. The van der Waals surface area contributed by atoms with E-state index in [1.54, 1.807) is 12.0 Å². The van der Waals surface area contributed by atoms with Crippen LogP contribution in [0.3, 0.4) is 0 Å². The lowest BCUT2D eigenvalue weighted by Gasteiger charge is -2.31. The normalized spacial score (nSPS) is 12.7. The Morgan fingerprint density at radius 1 is 0.968 bits per heavy atom. The van der Waals surface area contributed by atoms with E-state index in [0.29, 0.717) is 13.0 Å². The molecular weight excluding hydrogens is 388 g/mol. The largest absolute Gasteiger partial charge is 0.497 e. The smallest absolute Gasteiger partial charge is 0.243 e. The van der Waals surface area contributed by atoms with E-state index in [4.69, 9.17) is 4.74 Å². The van der Waals surface area contributed by atoms with E-state index < -0.39 is 6.04 Å². The summed E-state index contributed by atoms with van der Waals surface area (Å²) in [5.41, 5.74) is 4.20. The summed E-state index contributed by atoms with van der Waals surface area (Å²) in [6, 6.07) is 13.4. The van der Waals surface area contributed by atoms with Gasteiger partial charge in [0, 0.05) is 12.6 Å². The van der Waals surface area contributed by atoms with Crippen molar-refractivity contribution in [3.63, 3.8) is 0 Å². The summed E-state index contributed by atoms with van der Waals surface area (Å²) in [7, 11) is 1.63. The Balaban J connectivity index is 2.31. The molecule has 2 unspecified atom stereocenters. The fourth-order valence-corrected chi connectivity index (χ4v) is 3.74. The fourth-order valence-electron chi connectivity index (χ4n) is 3.74. The molecule has 2 atom stereocenters. The second-order valence-electron chi connectivity index (χ2n) is 8.28. The second-order valence-corrected chi connectivity index (χ2v) is 8.28. The number of aryl methyl sites for hydroxylation is 2. The monoisotopic (exact) mass is 424 g/mol. The molecule has 0 aliphatic carbocycles. The fraction of sp³-hybridized carbons (Fsp3) is 0.462. The molecule has 2 amide bonds. The molecule has 0 bridgehead atoms. The van der Waals surface area contributed by atoms with Gasteiger partial charge < -0.3 is 15.0 Å². The van der Waals surface area contributed by atoms with Crippen LogP contribution in [-0.2, 0) is 22.6 Å². The lowest BCUT2D eigenvalue weighted by Crippen LogP contribution is -2.51. The van der Waals surface area contributed by atoms with Crippen molar-refractivity contribution >= 4 is 11.8 Å². The third-order valence-electron chi connectivity index (χ3n) is 5.54. The molecular formula is C26H36N2O3. The molecule has 0 spiro atoms. The number of hydrogen-bond donors (Lipinski definition) is 1. The van der Waals surface area contributed by atoms with E-state index >= 15 is 0 Å². The zero-order chi connectivity index (χ0) is 23.0. The van der Waals surface area contributed by atoms with Gasteiger partial charge in [0.25, 0.3) is 0 Å². The summed E-state index contributed by atoms with van der Waals surface area (Å²) in [4.78, 5) is 28.2. The van der Waals surface area contributed by atoms with Crippen LogP contribution >= 0.6 is 0 Å². The highest BCUT2D eigenvalue weighted by atomic mass is 16.5. The summed E-state index contributed by atoms with van der Waals surface area (Å²) in [5.74, 6) is 0.615. The average molecular weight is 425 g/mol. The molecule has 0 heterocycles. The Morgan fingerprint density at radius 2 is 1.58 bits per heavy atom. The molecule has 168 valence electrons. The Bertz CT molecular complexity index is 856. The predicted octanol–water partition coefficient (Wildman–Crippen LogP) is 4.58. The minimum atomic E-state index is -0.519. The first-order chi connectivity index (χ1) is 14.8. The molecule has 2 aromatic rings. The van der Waals surface area contributed by atoms with Crippen molar-refractivity contribution in [1.29, 1.82) is 0 Å². The summed E-state index contributed by atoms with van der Waals surface area (Å²) < 4.78 is 5.24. The summed E-state index contributed by atoms with van der Waals surface area (Å²) in [5, 5.41) is 3.05. The summed E-state index contributed by atoms with van der Waals surface area (Å²) in [6.45, 7) is 10.4. The van der Waals surface area contributed by atoms with Crippen LogP contribution in [0.4, 0.5) is 0 Å². The van der Waals surface area contributed by atoms with Crippen LogP contribution in [0.25, 0.3) is 0 Å². The number of nitrogens with zero attached hydrogens (tertiary/aromatic N) is 1. The maximum absolute atomic E-state index is 13.4. The van der Waals surface area contributed by atoms with Crippen molar-refractivity contribution in [2.45, 2.75) is 72.5 Å². The van der Waals surface area contributed by atoms with E-state index in [-0.39, 0.29) is 24.3 Å². The maximum atomic E-state index is 13.4. The lowest BCUT2D eigenvalue weighted by atomic mass is 10.0. The van der Waals surface area contributed by atoms with Gasteiger partial charge in [0.15, 0.2) is 0 Å². The first-order valence-corrected chi connectivity index (χ1v) is 11.1. The van der Waals surface area contributed by atoms with Gasteiger partial charge in [-0.3, -0.25) is 9.59 Å². The molecule has 0 aliphatic heterocycles. The predicted molar refractivity (Wildman–Crippen MR) is 125 cm³/mol. The zero-order valence-corrected chi connectivity index (χ0v) is 19.7. The Kier molecular flexibility index (Phi) is 9.10. The zero-order valence-electron chi connectivity index (χ0n) is 19.7. The van der Waals surface area contributed by atoms with Gasteiger partial charge >= 0.3 is 0 Å². The van der Waals surface area contributed by atoms with Gasteiger partial charge in [-0.1, -0.05) is 55.3 Å². The number of carbonyl (C=O) groups excluding carboxylic acids is 2. The number of methoxy groups -OCH3 is 1. The second kappa shape index (κ2) is 11.5. The lowest BCUT2D eigenvalue weighted by molar-refractivity contribution is -0.141. The number of hydrogen-bond acceptors (Lipinski definition) is 3. The van der Waals surface area contributed by atoms with Crippen LogP contribution in [0.2, 0.25) is 0 Å². The molecule has 0 aromatic heterocycles. The van der Waals surface area contributed by atoms with Crippen molar-refractivity contribution in [3.05, 3.63) is 64.7 Å². The van der Waals surface area contributed by atoms with Gasteiger partial charge in [-0.05, 0) is 56.9 Å². The Morgan fingerprint density at radius 3 is 2.10 bits per heavy atom. The molecule has 5 nitrogen and oxygen atoms in total. The molecule has 2 aromatic carbocycles. The number of ether oxygens (including phenoxy) is 1. The van der Waals surface area contributed by atoms with E-state index in [1.807, 2.05) is 71.0 Å². The number of amides is 2. The summed E-state index contributed by atoms with van der Waals surface area (Å²) >= 11 is 0. The Hall–Kier alpha value is -2.82. The molecule has 31 heavy (non-hydrogen) atoms. The summed E-state index contributed by atoms with van der Waals surface area (Å²) in [6.07, 6.45) is 1.67. The first kappa shape index (κ1) is 24.4. The molecule has 0 saturated heterocycles. The molecule has 5 heteroatoms. The number of carbonyl (C=O) groups is 2. The highest BCUT2D eigenvalue weighted by Crippen LogP contribution is 2.18. The van der Waals surface area contributed by atoms with Crippen LogP contribution in [0, 0.1) is 13.8 Å². The van der Waals surface area contributed by atoms with E-state index in [0.717, 1.165) is 34.4 Å². The van der Waals surface area contributed by atoms with Crippen LogP contribution in [0.1, 0.15) is 55.9 Å². The molecule has 0 saturated carbocycles. The Labute approximate surface area is 186 Å². The van der Waals surface area contributed by atoms with Gasteiger partial charge in [0.2, 0.25) is 11.8 Å². The van der Waals surface area contributed by atoms with Gasteiger partial charge in [-0.2, -0.15) is 0 Å². The van der Waals surface area contributed by atoms with Crippen LogP contribution in [-0.4, -0.2) is 35.9 Å². The van der Waals surface area contributed by atoms with Crippen molar-refractivity contribution in [1.82, 2.24) is 10.2 Å². The molecule has 2 rings (SSSR count). The van der Waals surface area contributed by atoms with Crippen molar-refractivity contribution in [3.8, 4) is 5.75 Å². The number of benzene rings is 2. The maximum Gasteiger partial charge on any atom is 0.243 e. The van der Waals surface area contributed by atoms with Crippen molar-refractivity contribution < 1.29 is 14.3 Å².